The molecule has 4 aromatic rings. The molecule has 1 aliphatic heterocycles. The Morgan fingerprint density at radius 2 is 1.60 bits per heavy atom. The number of morpholine rings is 1. The SMILES string of the molecule is COc1c(-c2ccc(N3CC(C)OC(C)C3)cc2)cnc2c(-c3ccc(C#N)cc3)cc(Cl)cc12. The molecule has 2 heterocycles. The van der Waals surface area contributed by atoms with E-state index in [0.717, 1.165) is 52.0 Å². The van der Waals surface area contributed by atoms with Gasteiger partial charge in [-0.2, -0.15) is 5.26 Å². The van der Waals surface area contributed by atoms with Crippen LogP contribution in [0.5, 0.6) is 5.75 Å². The van der Waals surface area contributed by atoms with Crippen LogP contribution in [-0.2, 0) is 4.74 Å². The monoisotopic (exact) mass is 483 g/mol. The van der Waals surface area contributed by atoms with Crippen LogP contribution in [0, 0.1) is 11.3 Å². The second kappa shape index (κ2) is 9.58. The van der Waals surface area contributed by atoms with Crippen LogP contribution in [0.4, 0.5) is 5.69 Å². The van der Waals surface area contributed by atoms with Gasteiger partial charge in [0.15, 0.2) is 0 Å². The molecule has 0 spiro atoms. The maximum absolute atomic E-state index is 9.13. The fraction of sp³-hybridized carbons (Fsp3) is 0.241. The Morgan fingerprint density at radius 3 is 2.23 bits per heavy atom. The average molecular weight is 484 g/mol. The van der Waals surface area contributed by atoms with Crippen LogP contribution in [0.1, 0.15) is 19.4 Å². The number of hydrogen-bond acceptors (Lipinski definition) is 5. The van der Waals surface area contributed by atoms with E-state index in [0.29, 0.717) is 10.6 Å². The van der Waals surface area contributed by atoms with Gasteiger partial charge in [-0.1, -0.05) is 35.9 Å². The van der Waals surface area contributed by atoms with Gasteiger partial charge in [-0.25, -0.2) is 0 Å². The molecule has 2 atom stereocenters. The van der Waals surface area contributed by atoms with E-state index >= 15 is 0 Å². The second-order valence-corrected chi connectivity index (χ2v) is 9.39. The molecular formula is C29H26ClN3O2. The summed E-state index contributed by atoms with van der Waals surface area (Å²) >= 11 is 6.54. The zero-order valence-electron chi connectivity index (χ0n) is 20.0. The lowest BCUT2D eigenvalue weighted by molar-refractivity contribution is -0.00521. The number of hydrogen-bond donors (Lipinski definition) is 0. The van der Waals surface area contributed by atoms with Crippen LogP contribution in [0.25, 0.3) is 33.2 Å². The van der Waals surface area contributed by atoms with Gasteiger partial charge in [0.05, 0.1) is 36.5 Å². The molecule has 176 valence electrons. The van der Waals surface area contributed by atoms with Crippen LogP contribution in [0.15, 0.2) is 66.9 Å². The van der Waals surface area contributed by atoms with E-state index in [1.54, 1.807) is 19.2 Å². The minimum atomic E-state index is 0.207. The zero-order chi connectivity index (χ0) is 24.5. The van der Waals surface area contributed by atoms with Gasteiger partial charge in [-0.3, -0.25) is 4.98 Å². The van der Waals surface area contributed by atoms with Crippen LogP contribution in [0.3, 0.4) is 0 Å². The quantitative estimate of drug-likeness (QED) is 0.322. The lowest BCUT2D eigenvalue weighted by Gasteiger charge is -2.36. The predicted octanol–water partition coefficient (Wildman–Crippen LogP) is 6.72. The first kappa shape index (κ1) is 23.2. The number of methoxy groups -OCH3 is 1. The minimum absolute atomic E-state index is 0.207. The fourth-order valence-corrected chi connectivity index (χ4v) is 5.07. The number of aromatic nitrogens is 1. The number of rotatable bonds is 4. The third kappa shape index (κ3) is 4.55. The summed E-state index contributed by atoms with van der Waals surface area (Å²) in [5.41, 5.74) is 6.35. The van der Waals surface area contributed by atoms with Crippen molar-refractivity contribution in [3.63, 3.8) is 0 Å². The molecule has 3 aromatic carbocycles. The zero-order valence-corrected chi connectivity index (χ0v) is 20.7. The number of nitriles is 1. The highest BCUT2D eigenvalue weighted by Crippen LogP contribution is 2.41. The van der Waals surface area contributed by atoms with E-state index in [9.17, 15) is 0 Å². The highest BCUT2D eigenvalue weighted by Gasteiger charge is 2.22. The van der Waals surface area contributed by atoms with E-state index in [2.05, 4.69) is 49.1 Å². The number of ether oxygens (including phenoxy) is 2. The van der Waals surface area contributed by atoms with E-state index in [1.165, 1.54) is 5.69 Å². The summed E-state index contributed by atoms with van der Waals surface area (Å²) in [7, 11) is 1.67. The molecule has 1 fully saturated rings. The van der Waals surface area contributed by atoms with Gasteiger partial charge in [-0.15, -0.1) is 0 Å². The topological polar surface area (TPSA) is 58.4 Å². The summed E-state index contributed by atoms with van der Waals surface area (Å²) in [4.78, 5) is 7.19. The smallest absolute Gasteiger partial charge is 0.137 e. The van der Waals surface area contributed by atoms with E-state index < -0.39 is 0 Å². The summed E-state index contributed by atoms with van der Waals surface area (Å²) in [5, 5.41) is 10.6. The minimum Gasteiger partial charge on any atom is -0.495 e. The average Bonchev–Trinajstić information content (AvgIpc) is 2.87. The Kier molecular flexibility index (Phi) is 6.34. The van der Waals surface area contributed by atoms with Crippen LogP contribution >= 0.6 is 11.6 Å². The van der Waals surface area contributed by atoms with Gasteiger partial charge < -0.3 is 14.4 Å². The number of anilines is 1. The van der Waals surface area contributed by atoms with Crippen LogP contribution in [0.2, 0.25) is 5.02 Å². The molecule has 0 bridgehead atoms. The van der Waals surface area contributed by atoms with Crippen molar-refractivity contribution in [3.8, 4) is 34.1 Å². The van der Waals surface area contributed by atoms with Crippen molar-refractivity contribution >= 4 is 28.2 Å². The van der Waals surface area contributed by atoms with Gasteiger partial charge in [0, 0.05) is 46.5 Å². The van der Waals surface area contributed by atoms with Crippen molar-refractivity contribution in [2.45, 2.75) is 26.1 Å². The maximum Gasteiger partial charge on any atom is 0.137 e. The maximum atomic E-state index is 9.13. The Morgan fingerprint density at radius 1 is 0.971 bits per heavy atom. The van der Waals surface area contributed by atoms with Crippen molar-refractivity contribution in [1.29, 1.82) is 5.26 Å². The standard InChI is InChI=1S/C29H26ClN3O2/c1-18-16-33(17-19(2)35-18)24-10-8-22(9-11-24)27-15-32-28-25(21-6-4-20(14-31)5-7-21)12-23(30)13-26(28)29(27)34-3/h4-13,15,18-19H,16-17H2,1-3H3. The molecular weight excluding hydrogens is 458 g/mol. The van der Waals surface area contributed by atoms with Gasteiger partial charge in [0.25, 0.3) is 0 Å². The second-order valence-electron chi connectivity index (χ2n) is 8.95. The molecule has 1 aliphatic rings. The normalized spacial score (nSPS) is 17.9. The molecule has 35 heavy (non-hydrogen) atoms. The molecule has 5 nitrogen and oxygen atoms in total. The van der Waals surface area contributed by atoms with Crippen molar-refractivity contribution < 1.29 is 9.47 Å². The fourth-order valence-electron chi connectivity index (χ4n) is 4.85. The van der Waals surface area contributed by atoms with Crippen molar-refractivity contribution in [2.75, 3.05) is 25.1 Å². The lowest BCUT2D eigenvalue weighted by Crippen LogP contribution is -2.45. The van der Waals surface area contributed by atoms with Gasteiger partial charge in [0.2, 0.25) is 0 Å². The van der Waals surface area contributed by atoms with Crippen molar-refractivity contribution in [3.05, 3.63) is 77.4 Å². The molecule has 6 heteroatoms. The highest BCUT2D eigenvalue weighted by molar-refractivity contribution is 6.32. The highest BCUT2D eigenvalue weighted by atomic mass is 35.5. The Labute approximate surface area is 210 Å². The molecule has 0 N–H and O–H groups in total. The molecule has 0 aliphatic carbocycles. The first-order valence-corrected chi connectivity index (χ1v) is 12.0. The third-order valence-corrected chi connectivity index (χ3v) is 6.60. The van der Waals surface area contributed by atoms with Crippen LogP contribution in [-0.4, -0.2) is 37.4 Å². The van der Waals surface area contributed by atoms with E-state index in [4.69, 9.17) is 31.3 Å². The van der Waals surface area contributed by atoms with Gasteiger partial charge in [-0.05, 0) is 61.4 Å². The first-order chi connectivity index (χ1) is 17.0. The number of nitrogens with zero attached hydrogens (tertiary/aromatic N) is 3. The molecule has 5 rings (SSSR count). The van der Waals surface area contributed by atoms with Crippen molar-refractivity contribution in [1.82, 2.24) is 4.98 Å². The van der Waals surface area contributed by atoms with E-state index in [1.807, 2.05) is 30.5 Å². The van der Waals surface area contributed by atoms with Crippen molar-refractivity contribution in [2.24, 2.45) is 0 Å². The first-order valence-electron chi connectivity index (χ1n) is 11.6. The number of fused-ring (bicyclic) bond motifs is 1. The predicted molar refractivity (Wildman–Crippen MR) is 141 cm³/mol. The van der Waals surface area contributed by atoms with E-state index in [-0.39, 0.29) is 12.2 Å². The summed E-state index contributed by atoms with van der Waals surface area (Å²) in [6.07, 6.45) is 2.27. The molecule has 1 saturated heterocycles. The summed E-state index contributed by atoms with van der Waals surface area (Å²) in [6.45, 7) is 5.97. The van der Waals surface area contributed by atoms with Gasteiger partial charge >= 0.3 is 0 Å². The summed E-state index contributed by atoms with van der Waals surface area (Å²) in [6, 6.07) is 21.9. The Bertz CT molecular complexity index is 1400. The molecule has 0 saturated carbocycles. The summed E-state index contributed by atoms with van der Waals surface area (Å²) < 4.78 is 11.8. The largest absolute Gasteiger partial charge is 0.495 e. The Hall–Kier alpha value is -3.59. The molecule has 1 aromatic heterocycles. The summed E-state index contributed by atoms with van der Waals surface area (Å²) in [5.74, 6) is 0.730. The lowest BCUT2D eigenvalue weighted by atomic mass is 9.97. The molecule has 0 radical (unpaired) electrons. The molecule has 2 unspecified atom stereocenters. The van der Waals surface area contributed by atoms with Crippen LogP contribution < -0.4 is 9.64 Å². The third-order valence-electron chi connectivity index (χ3n) is 6.38. The number of halogens is 1. The van der Waals surface area contributed by atoms with Gasteiger partial charge in [0.1, 0.15) is 5.75 Å². The molecule has 0 amide bonds. The number of benzene rings is 3. The Balaban J connectivity index is 1.56. The number of pyridine rings is 1.